The highest BCUT2D eigenvalue weighted by Crippen LogP contribution is 2.48. The summed E-state index contributed by atoms with van der Waals surface area (Å²) in [5.74, 6) is 1.26. The number of hydrogen-bond donors (Lipinski definition) is 0. The van der Waals surface area contributed by atoms with Crippen molar-refractivity contribution in [2.24, 2.45) is 11.8 Å². The van der Waals surface area contributed by atoms with Gasteiger partial charge in [-0.05, 0) is 18.8 Å². The first-order chi connectivity index (χ1) is 5.84. The van der Waals surface area contributed by atoms with Gasteiger partial charge < -0.3 is 4.74 Å². The largest absolute Gasteiger partial charge is 0.462 e. The van der Waals surface area contributed by atoms with Gasteiger partial charge in [-0.2, -0.15) is 0 Å². The molecule has 2 nitrogen and oxygen atoms in total. The van der Waals surface area contributed by atoms with E-state index in [9.17, 15) is 4.79 Å². The van der Waals surface area contributed by atoms with Crippen molar-refractivity contribution in [2.75, 3.05) is 0 Å². The Morgan fingerprint density at radius 2 is 2.42 bits per heavy atom. The lowest BCUT2D eigenvalue weighted by Gasteiger charge is -2.39. The molecule has 1 saturated carbocycles. The van der Waals surface area contributed by atoms with Crippen LogP contribution in [0.1, 0.15) is 25.7 Å². The molecule has 0 radical (unpaired) electrons. The van der Waals surface area contributed by atoms with Crippen molar-refractivity contribution >= 4 is 5.97 Å². The van der Waals surface area contributed by atoms with Crippen LogP contribution in [0.25, 0.3) is 0 Å². The van der Waals surface area contributed by atoms with Gasteiger partial charge in [0.05, 0.1) is 6.42 Å². The van der Waals surface area contributed by atoms with Gasteiger partial charge in [0.1, 0.15) is 6.10 Å². The summed E-state index contributed by atoms with van der Waals surface area (Å²) in [4.78, 5) is 11.0. The van der Waals surface area contributed by atoms with Gasteiger partial charge >= 0.3 is 5.97 Å². The molecule has 0 N–H and O–H groups in total. The van der Waals surface area contributed by atoms with Crippen molar-refractivity contribution < 1.29 is 9.53 Å². The number of ether oxygens (including phenoxy) is 1. The Morgan fingerprint density at radius 3 is 3.17 bits per heavy atom. The average molecular weight is 164 g/mol. The summed E-state index contributed by atoms with van der Waals surface area (Å²) in [6.45, 7) is 0. The van der Waals surface area contributed by atoms with E-state index in [1.54, 1.807) is 5.57 Å². The van der Waals surface area contributed by atoms with Crippen LogP contribution in [0.3, 0.4) is 0 Å². The van der Waals surface area contributed by atoms with E-state index in [1.807, 2.05) is 0 Å². The van der Waals surface area contributed by atoms with Gasteiger partial charge in [0.15, 0.2) is 0 Å². The van der Waals surface area contributed by atoms with Crippen molar-refractivity contribution in [1.29, 1.82) is 0 Å². The maximum atomic E-state index is 11.0. The number of rotatable bonds is 0. The molecule has 2 aliphatic carbocycles. The third-order valence-corrected chi connectivity index (χ3v) is 3.51. The minimum absolute atomic E-state index is 0.0200. The molecule has 3 atom stereocenters. The lowest BCUT2D eigenvalue weighted by Crippen LogP contribution is -2.34. The Bertz CT molecular complexity index is 267. The number of allylic oxidation sites excluding steroid dienone is 1. The zero-order valence-corrected chi connectivity index (χ0v) is 6.95. The van der Waals surface area contributed by atoms with Crippen molar-refractivity contribution in [2.45, 2.75) is 31.8 Å². The van der Waals surface area contributed by atoms with Crippen LogP contribution in [-0.2, 0) is 9.53 Å². The second-order valence-corrected chi connectivity index (χ2v) is 4.06. The standard InChI is InChI=1S/C10H12O2/c11-10-5-8-7-3-1-6(7)2-4-9(8)12-10/h2,7-9H,1,3-5H2/t7-,8-,9-/m1/s1. The first-order valence-corrected chi connectivity index (χ1v) is 4.73. The highest BCUT2D eigenvalue weighted by molar-refractivity contribution is 5.72. The SMILES string of the molecule is O=C1C[C@@H]2[C@@H]3CCC3=CC[C@H]2O1. The highest BCUT2D eigenvalue weighted by atomic mass is 16.5. The first-order valence-electron chi connectivity index (χ1n) is 4.73. The summed E-state index contributed by atoms with van der Waals surface area (Å²) >= 11 is 0. The molecule has 3 aliphatic rings. The molecule has 64 valence electrons. The van der Waals surface area contributed by atoms with Crippen LogP contribution >= 0.6 is 0 Å². The molecule has 1 heterocycles. The van der Waals surface area contributed by atoms with Gasteiger partial charge in [-0.25, -0.2) is 0 Å². The van der Waals surface area contributed by atoms with Crippen LogP contribution in [0.5, 0.6) is 0 Å². The lowest BCUT2D eigenvalue weighted by molar-refractivity contribution is -0.141. The average Bonchev–Trinajstić information content (AvgIpc) is 2.29. The van der Waals surface area contributed by atoms with Crippen LogP contribution in [-0.4, -0.2) is 12.1 Å². The van der Waals surface area contributed by atoms with Crippen LogP contribution in [0.4, 0.5) is 0 Å². The highest BCUT2D eigenvalue weighted by Gasteiger charge is 2.45. The van der Waals surface area contributed by atoms with E-state index < -0.39 is 0 Å². The number of fused-ring (bicyclic) bond motifs is 3. The molecule has 1 aliphatic heterocycles. The summed E-state index contributed by atoms with van der Waals surface area (Å²) < 4.78 is 5.23. The normalized spacial score (nSPS) is 43.8. The molecule has 3 rings (SSSR count). The van der Waals surface area contributed by atoms with Gasteiger partial charge in [-0.15, -0.1) is 0 Å². The molecular weight excluding hydrogens is 152 g/mol. The molecule has 0 spiro atoms. The Hall–Kier alpha value is -0.790. The predicted octanol–water partition coefficient (Wildman–Crippen LogP) is 1.66. The molecule has 0 aromatic rings. The van der Waals surface area contributed by atoms with Crippen molar-refractivity contribution in [3.8, 4) is 0 Å². The summed E-state index contributed by atoms with van der Waals surface area (Å²) in [6, 6.07) is 0. The van der Waals surface area contributed by atoms with Crippen LogP contribution < -0.4 is 0 Å². The van der Waals surface area contributed by atoms with Crippen molar-refractivity contribution in [3.05, 3.63) is 11.6 Å². The summed E-state index contributed by atoms with van der Waals surface area (Å²) in [5.41, 5.74) is 1.59. The van der Waals surface area contributed by atoms with Gasteiger partial charge in [0, 0.05) is 12.3 Å². The molecule has 0 bridgehead atoms. The summed E-state index contributed by atoms with van der Waals surface area (Å²) in [7, 11) is 0. The smallest absolute Gasteiger partial charge is 0.306 e. The van der Waals surface area contributed by atoms with E-state index in [2.05, 4.69) is 6.08 Å². The molecule has 0 aromatic carbocycles. The fourth-order valence-electron chi connectivity index (χ4n) is 2.74. The molecular formula is C10H12O2. The van der Waals surface area contributed by atoms with E-state index in [1.165, 1.54) is 12.8 Å². The van der Waals surface area contributed by atoms with Gasteiger partial charge in [0.2, 0.25) is 0 Å². The zero-order chi connectivity index (χ0) is 8.13. The minimum atomic E-state index is 0.0200. The van der Waals surface area contributed by atoms with Gasteiger partial charge in [-0.1, -0.05) is 11.6 Å². The monoisotopic (exact) mass is 164 g/mol. The van der Waals surface area contributed by atoms with Crippen LogP contribution in [0.2, 0.25) is 0 Å². The Balaban J connectivity index is 1.90. The van der Waals surface area contributed by atoms with Crippen molar-refractivity contribution in [1.82, 2.24) is 0 Å². The second-order valence-electron chi connectivity index (χ2n) is 4.06. The number of carbonyl (C=O) groups is 1. The fraction of sp³-hybridized carbons (Fsp3) is 0.700. The van der Waals surface area contributed by atoms with E-state index in [-0.39, 0.29) is 12.1 Å². The molecule has 12 heavy (non-hydrogen) atoms. The van der Waals surface area contributed by atoms with Crippen LogP contribution in [0, 0.1) is 11.8 Å². The van der Waals surface area contributed by atoms with Gasteiger partial charge in [0.25, 0.3) is 0 Å². The third-order valence-electron chi connectivity index (χ3n) is 3.51. The predicted molar refractivity (Wildman–Crippen MR) is 43.4 cm³/mol. The van der Waals surface area contributed by atoms with Crippen LogP contribution in [0.15, 0.2) is 11.6 Å². The number of carbonyl (C=O) groups excluding carboxylic acids is 1. The van der Waals surface area contributed by atoms with Crippen molar-refractivity contribution in [3.63, 3.8) is 0 Å². The number of hydrogen-bond acceptors (Lipinski definition) is 2. The van der Waals surface area contributed by atoms with E-state index in [0.29, 0.717) is 18.3 Å². The van der Waals surface area contributed by atoms with E-state index in [4.69, 9.17) is 4.74 Å². The topological polar surface area (TPSA) is 26.3 Å². The third kappa shape index (κ3) is 0.728. The Morgan fingerprint density at radius 1 is 1.50 bits per heavy atom. The maximum Gasteiger partial charge on any atom is 0.306 e. The quantitative estimate of drug-likeness (QED) is 0.402. The number of esters is 1. The molecule has 0 amide bonds. The minimum Gasteiger partial charge on any atom is -0.462 e. The molecule has 1 saturated heterocycles. The zero-order valence-electron chi connectivity index (χ0n) is 6.95. The molecule has 2 fully saturated rings. The molecule has 0 aromatic heterocycles. The lowest BCUT2D eigenvalue weighted by atomic mass is 9.65. The Labute approximate surface area is 71.6 Å². The summed E-state index contributed by atoms with van der Waals surface area (Å²) in [5, 5.41) is 0. The molecule has 0 unspecified atom stereocenters. The van der Waals surface area contributed by atoms with E-state index in [0.717, 1.165) is 6.42 Å². The fourth-order valence-corrected chi connectivity index (χ4v) is 2.74. The van der Waals surface area contributed by atoms with E-state index >= 15 is 0 Å². The second kappa shape index (κ2) is 2.12. The Kier molecular flexibility index (Phi) is 1.18. The van der Waals surface area contributed by atoms with Gasteiger partial charge in [-0.3, -0.25) is 4.79 Å². The molecule has 2 heteroatoms. The first kappa shape index (κ1) is 6.70. The summed E-state index contributed by atoms with van der Waals surface area (Å²) in [6.07, 6.45) is 6.71. The maximum absolute atomic E-state index is 11.0.